The van der Waals surface area contributed by atoms with Gasteiger partial charge in [0.25, 0.3) is 0 Å². The van der Waals surface area contributed by atoms with E-state index < -0.39 is 36.4 Å². The van der Waals surface area contributed by atoms with Gasteiger partial charge < -0.3 is 14.4 Å². The predicted octanol–water partition coefficient (Wildman–Crippen LogP) is 4.46. The van der Waals surface area contributed by atoms with Crippen molar-refractivity contribution in [3.63, 3.8) is 0 Å². The summed E-state index contributed by atoms with van der Waals surface area (Å²) in [5.74, 6) is 0. The molecule has 0 saturated heterocycles. The largest absolute Gasteiger partial charge is 0.418 e. The first-order valence-corrected chi connectivity index (χ1v) is 6.92. The first-order chi connectivity index (χ1) is 11.8. The Morgan fingerprint density at radius 3 is 2.48 bits per heavy atom. The summed E-state index contributed by atoms with van der Waals surface area (Å²) in [6.45, 7) is 13.6. The van der Waals surface area contributed by atoms with Gasteiger partial charge in [0.05, 0.1) is 31.0 Å². The molecule has 0 aliphatic carbocycles. The summed E-state index contributed by atoms with van der Waals surface area (Å²) in [4.78, 5) is 6.34. The minimum Gasteiger partial charge on any atom is -0.383 e. The molecule has 3 rings (SSSR count). The van der Waals surface area contributed by atoms with Crippen LogP contribution >= 0.6 is 0 Å². The van der Waals surface area contributed by atoms with Crippen molar-refractivity contribution in [3.8, 4) is 5.69 Å². The number of alkyl halides is 4. The Balaban J connectivity index is 2.24. The van der Waals surface area contributed by atoms with Crippen LogP contribution in [-0.4, -0.2) is 16.0 Å². The minimum atomic E-state index is -4.80. The zero-order chi connectivity index (χ0) is 18.4. The number of benzene rings is 1. The number of nitrogens with zero attached hydrogens (tertiary/aromatic N) is 3. The number of fused-ring (bicyclic) bond motifs is 1. The standard InChI is InChI=1S/C16H9F4N3O2/c1-21-10-4-3-8(5-11(10)22-2)23-6-9(16(18,19)20)13-12(23)7-25-15(17)14(13)24/h3-6,14-15,24H,7H2. The van der Waals surface area contributed by atoms with E-state index in [2.05, 4.69) is 9.69 Å². The smallest absolute Gasteiger partial charge is 0.383 e. The third kappa shape index (κ3) is 2.74. The maximum atomic E-state index is 13.5. The number of hydrogen-bond donors (Lipinski definition) is 1. The molecule has 9 heteroatoms. The second-order valence-electron chi connectivity index (χ2n) is 5.27. The molecule has 2 atom stereocenters. The zero-order valence-electron chi connectivity index (χ0n) is 12.4. The lowest BCUT2D eigenvalue weighted by molar-refractivity contribution is -0.152. The summed E-state index contributed by atoms with van der Waals surface area (Å²) < 4.78 is 59.2. The Kier molecular flexibility index (Phi) is 3.99. The van der Waals surface area contributed by atoms with Crippen molar-refractivity contribution in [1.82, 2.24) is 4.57 Å². The van der Waals surface area contributed by atoms with Gasteiger partial charge in [-0.25, -0.2) is 4.39 Å². The maximum absolute atomic E-state index is 13.5. The summed E-state index contributed by atoms with van der Waals surface area (Å²) in [7, 11) is 0. The highest BCUT2D eigenvalue weighted by Gasteiger charge is 2.43. The van der Waals surface area contributed by atoms with Gasteiger partial charge in [0.15, 0.2) is 11.4 Å². The maximum Gasteiger partial charge on any atom is 0.418 e. The minimum absolute atomic E-state index is 0.0239. The van der Waals surface area contributed by atoms with Crippen LogP contribution in [0.1, 0.15) is 22.9 Å². The van der Waals surface area contributed by atoms with E-state index in [1.54, 1.807) is 0 Å². The van der Waals surface area contributed by atoms with Gasteiger partial charge in [0.1, 0.15) is 6.10 Å². The van der Waals surface area contributed by atoms with Crippen LogP contribution in [0.25, 0.3) is 15.4 Å². The Bertz CT molecular complexity index is 921. The summed E-state index contributed by atoms with van der Waals surface area (Å²) in [6, 6.07) is 3.94. The Morgan fingerprint density at radius 1 is 1.20 bits per heavy atom. The molecule has 0 bridgehead atoms. The topological polar surface area (TPSA) is 43.1 Å². The Labute approximate surface area is 139 Å². The molecule has 2 heterocycles. The fraction of sp³-hybridized carbons (Fsp3) is 0.250. The molecule has 1 aliphatic heterocycles. The first kappa shape index (κ1) is 17.0. The van der Waals surface area contributed by atoms with Gasteiger partial charge in [0, 0.05) is 17.4 Å². The molecule has 5 nitrogen and oxygen atoms in total. The van der Waals surface area contributed by atoms with Gasteiger partial charge in [0.2, 0.25) is 6.36 Å². The predicted molar refractivity (Wildman–Crippen MR) is 77.9 cm³/mol. The molecule has 0 saturated carbocycles. The van der Waals surface area contributed by atoms with E-state index in [0.29, 0.717) is 0 Å². The van der Waals surface area contributed by atoms with Crippen molar-refractivity contribution >= 4 is 11.4 Å². The van der Waals surface area contributed by atoms with E-state index in [1.807, 2.05) is 0 Å². The van der Waals surface area contributed by atoms with Gasteiger partial charge in [-0.3, -0.25) is 9.69 Å². The molecular weight excluding hydrogens is 342 g/mol. The third-order valence-electron chi connectivity index (χ3n) is 3.86. The molecule has 0 radical (unpaired) electrons. The summed E-state index contributed by atoms with van der Waals surface area (Å²) >= 11 is 0. The van der Waals surface area contributed by atoms with Crippen LogP contribution in [0.4, 0.5) is 28.9 Å². The molecule has 1 aromatic heterocycles. The molecule has 128 valence electrons. The fourth-order valence-corrected chi connectivity index (χ4v) is 2.72. The van der Waals surface area contributed by atoms with Crippen LogP contribution in [-0.2, 0) is 17.5 Å². The summed E-state index contributed by atoms with van der Waals surface area (Å²) in [5, 5.41) is 9.82. The molecule has 1 aromatic carbocycles. The quantitative estimate of drug-likeness (QED) is 0.609. The van der Waals surface area contributed by atoms with Gasteiger partial charge in [-0.15, -0.1) is 0 Å². The number of aliphatic hydroxyl groups excluding tert-OH is 1. The number of hydrogen-bond acceptors (Lipinski definition) is 2. The molecule has 1 aliphatic rings. The van der Waals surface area contributed by atoms with Gasteiger partial charge >= 0.3 is 6.18 Å². The fourth-order valence-electron chi connectivity index (χ4n) is 2.72. The Hall–Kier alpha value is -2.88. The lowest BCUT2D eigenvalue weighted by Crippen LogP contribution is -2.26. The number of aromatic nitrogens is 1. The second-order valence-corrected chi connectivity index (χ2v) is 5.27. The van der Waals surface area contributed by atoms with Crippen molar-refractivity contribution in [2.75, 3.05) is 0 Å². The van der Waals surface area contributed by atoms with E-state index in [4.69, 9.17) is 17.9 Å². The van der Waals surface area contributed by atoms with Gasteiger partial charge in [-0.05, 0) is 6.07 Å². The molecule has 0 fully saturated rings. The van der Waals surface area contributed by atoms with E-state index >= 15 is 0 Å². The van der Waals surface area contributed by atoms with Crippen molar-refractivity contribution in [2.24, 2.45) is 0 Å². The number of halogens is 4. The number of rotatable bonds is 1. The summed E-state index contributed by atoms with van der Waals surface area (Å²) in [6.07, 6.45) is -8.39. The second kappa shape index (κ2) is 5.88. The van der Waals surface area contributed by atoms with Crippen LogP contribution in [0.3, 0.4) is 0 Å². The van der Waals surface area contributed by atoms with E-state index in [9.17, 15) is 22.7 Å². The summed E-state index contributed by atoms with van der Waals surface area (Å²) in [5.41, 5.74) is -1.58. The lowest BCUT2D eigenvalue weighted by atomic mass is 10.0. The van der Waals surface area contributed by atoms with Crippen LogP contribution < -0.4 is 0 Å². The molecule has 1 N–H and O–H groups in total. The monoisotopic (exact) mass is 351 g/mol. The SMILES string of the molecule is [C-]#[N+]c1ccc(-n2cc(C(F)(F)F)c3c2COC(F)C3O)cc1[N+]#[C-]. The van der Waals surface area contributed by atoms with Crippen LogP contribution in [0.2, 0.25) is 0 Å². The zero-order valence-corrected chi connectivity index (χ0v) is 12.4. The highest BCUT2D eigenvalue weighted by molar-refractivity contribution is 5.73. The van der Waals surface area contributed by atoms with E-state index in [0.717, 1.165) is 10.8 Å². The van der Waals surface area contributed by atoms with Gasteiger partial charge in [-0.2, -0.15) is 13.2 Å². The highest BCUT2D eigenvalue weighted by atomic mass is 19.4. The third-order valence-corrected chi connectivity index (χ3v) is 3.86. The van der Waals surface area contributed by atoms with Crippen molar-refractivity contribution in [3.05, 3.63) is 64.1 Å². The number of aliphatic hydroxyl groups is 1. The molecule has 2 unspecified atom stereocenters. The normalized spacial score (nSPS) is 19.8. The van der Waals surface area contributed by atoms with E-state index in [-0.39, 0.29) is 22.8 Å². The van der Waals surface area contributed by atoms with Crippen LogP contribution in [0, 0.1) is 13.1 Å². The van der Waals surface area contributed by atoms with Crippen molar-refractivity contribution in [2.45, 2.75) is 25.2 Å². The first-order valence-electron chi connectivity index (χ1n) is 6.92. The van der Waals surface area contributed by atoms with Crippen molar-refractivity contribution < 1.29 is 27.4 Å². The average Bonchev–Trinajstić information content (AvgIpc) is 2.98. The number of ether oxygens (including phenoxy) is 1. The molecule has 0 amide bonds. The molecule has 25 heavy (non-hydrogen) atoms. The molecular formula is C16H9F4N3O2. The lowest BCUT2D eigenvalue weighted by Gasteiger charge is -2.25. The molecule has 2 aromatic rings. The Morgan fingerprint density at radius 2 is 1.88 bits per heavy atom. The highest BCUT2D eigenvalue weighted by Crippen LogP contribution is 2.43. The van der Waals surface area contributed by atoms with Crippen LogP contribution in [0.5, 0.6) is 0 Å². The van der Waals surface area contributed by atoms with Gasteiger partial charge in [-0.1, -0.05) is 12.1 Å². The molecule has 0 spiro atoms. The van der Waals surface area contributed by atoms with E-state index in [1.165, 1.54) is 18.2 Å². The average molecular weight is 351 g/mol. The van der Waals surface area contributed by atoms with Crippen molar-refractivity contribution in [1.29, 1.82) is 0 Å². The van der Waals surface area contributed by atoms with Crippen LogP contribution in [0.15, 0.2) is 24.4 Å².